The van der Waals surface area contributed by atoms with Gasteiger partial charge in [-0.25, -0.2) is 0 Å². The number of carbonyl (C=O) groups excluding carboxylic acids is 2. The molecule has 0 radical (unpaired) electrons. The van der Waals surface area contributed by atoms with E-state index < -0.39 is 57.2 Å². The fourth-order valence-electron chi connectivity index (χ4n) is 7.35. The Labute approximate surface area is 295 Å². The fraction of sp³-hybridized carbons (Fsp3) is 0.500. The smallest absolute Gasteiger partial charge is 0.425 e. The molecular formula is C36H38F6N4O4S. The highest BCUT2D eigenvalue weighted by Gasteiger charge is 2.57. The first-order chi connectivity index (χ1) is 24.2. The van der Waals surface area contributed by atoms with Gasteiger partial charge in [-0.15, -0.1) is 0 Å². The van der Waals surface area contributed by atoms with E-state index in [0.717, 1.165) is 35.7 Å². The average Bonchev–Trinajstić information content (AvgIpc) is 3.60. The minimum atomic E-state index is -4.88. The number of piperidine rings is 2. The molecule has 2 amide bonds. The quantitative estimate of drug-likeness (QED) is 0.218. The molecule has 3 aromatic rings. The van der Waals surface area contributed by atoms with Crippen molar-refractivity contribution in [3.63, 3.8) is 0 Å². The first-order valence-electron chi connectivity index (χ1n) is 16.8. The number of amides is 2. The van der Waals surface area contributed by atoms with Crippen molar-refractivity contribution in [1.82, 2.24) is 14.8 Å². The molecule has 2 fully saturated rings. The highest BCUT2D eigenvalue weighted by Crippen LogP contribution is 2.45. The molecule has 2 aliphatic rings. The molecule has 4 heterocycles. The highest BCUT2D eigenvalue weighted by molar-refractivity contribution is 7.13. The SMILES string of the molecule is CCC[C@H]1N(C(=O)c2cnccc2C(F)(F)F)CCC[C@@]1(Oc1ccc(C(F)(F)F)s1)C(=O)N1CCC(C#N)(c2ccccc2CCCO)CC1. The lowest BCUT2D eigenvalue weighted by molar-refractivity contribution is -0.160. The van der Waals surface area contributed by atoms with E-state index in [4.69, 9.17) is 4.74 Å². The van der Waals surface area contributed by atoms with Crippen LogP contribution in [0.3, 0.4) is 0 Å². The predicted octanol–water partition coefficient (Wildman–Crippen LogP) is 7.41. The second kappa shape index (κ2) is 15.2. The van der Waals surface area contributed by atoms with Gasteiger partial charge in [-0.05, 0) is 67.9 Å². The number of carbonyl (C=O) groups is 2. The summed E-state index contributed by atoms with van der Waals surface area (Å²) < 4.78 is 89.3. The van der Waals surface area contributed by atoms with Gasteiger partial charge >= 0.3 is 12.4 Å². The van der Waals surface area contributed by atoms with E-state index in [0.29, 0.717) is 36.7 Å². The molecule has 15 heteroatoms. The minimum Gasteiger partial charge on any atom is -0.466 e. The summed E-state index contributed by atoms with van der Waals surface area (Å²) in [4.78, 5) is 34.4. The molecule has 2 aliphatic heterocycles. The van der Waals surface area contributed by atoms with Crippen molar-refractivity contribution in [1.29, 1.82) is 5.26 Å². The molecule has 0 unspecified atom stereocenters. The van der Waals surface area contributed by atoms with Gasteiger partial charge in [-0.3, -0.25) is 14.6 Å². The van der Waals surface area contributed by atoms with E-state index in [9.17, 15) is 46.3 Å². The Balaban J connectivity index is 1.54. The Hall–Kier alpha value is -4.16. The molecule has 2 saturated heterocycles. The summed E-state index contributed by atoms with van der Waals surface area (Å²) in [6.07, 6.45) is -5.74. The van der Waals surface area contributed by atoms with E-state index in [1.54, 1.807) is 6.92 Å². The molecule has 274 valence electrons. The molecule has 0 bridgehead atoms. The number of ether oxygens (including phenoxy) is 1. The Kier molecular flexibility index (Phi) is 11.4. The van der Waals surface area contributed by atoms with Crippen LogP contribution in [0, 0.1) is 11.3 Å². The van der Waals surface area contributed by atoms with Crippen molar-refractivity contribution in [3.05, 3.63) is 82.0 Å². The number of hydrogen-bond acceptors (Lipinski definition) is 7. The second-order valence-electron chi connectivity index (χ2n) is 12.9. The number of pyridine rings is 1. The number of benzene rings is 1. The fourth-order valence-corrected chi connectivity index (χ4v) is 8.15. The van der Waals surface area contributed by atoms with Crippen molar-refractivity contribution in [2.24, 2.45) is 0 Å². The van der Waals surface area contributed by atoms with Crippen molar-refractivity contribution in [3.8, 4) is 11.1 Å². The van der Waals surface area contributed by atoms with Crippen molar-refractivity contribution in [2.75, 3.05) is 26.2 Å². The van der Waals surface area contributed by atoms with Gasteiger partial charge < -0.3 is 19.6 Å². The lowest BCUT2D eigenvalue weighted by Crippen LogP contribution is -2.68. The number of alkyl halides is 6. The Morgan fingerprint density at radius 1 is 1.04 bits per heavy atom. The number of aromatic nitrogens is 1. The molecule has 2 aromatic heterocycles. The lowest BCUT2D eigenvalue weighted by atomic mass is 9.71. The predicted molar refractivity (Wildman–Crippen MR) is 176 cm³/mol. The van der Waals surface area contributed by atoms with E-state index in [2.05, 4.69) is 11.1 Å². The van der Waals surface area contributed by atoms with Crippen LogP contribution in [-0.2, 0) is 29.0 Å². The molecule has 0 saturated carbocycles. The van der Waals surface area contributed by atoms with Gasteiger partial charge in [-0.1, -0.05) is 48.9 Å². The van der Waals surface area contributed by atoms with Crippen LogP contribution < -0.4 is 4.74 Å². The van der Waals surface area contributed by atoms with Crippen molar-refractivity contribution >= 4 is 23.2 Å². The molecule has 1 N–H and O–H groups in total. The van der Waals surface area contributed by atoms with Gasteiger partial charge in [0, 0.05) is 45.1 Å². The van der Waals surface area contributed by atoms with Gasteiger partial charge in [0.25, 0.3) is 11.8 Å². The van der Waals surface area contributed by atoms with E-state index in [-0.39, 0.29) is 63.4 Å². The van der Waals surface area contributed by atoms with Crippen molar-refractivity contribution < 1.29 is 45.8 Å². The van der Waals surface area contributed by atoms with Crippen LogP contribution >= 0.6 is 11.3 Å². The molecular weight excluding hydrogens is 698 g/mol. The Morgan fingerprint density at radius 2 is 1.76 bits per heavy atom. The number of nitriles is 1. The number of halogens is 6. The zero-order valence-electron chi connectivity index (χ0n) is 27.9. The zero-order chi connectivity index (χ0) is 37.0. The molecule has 0 spiro atoms. The number of aryl methyl sites for hydroxylation is 1. The zero-order valence-corrected chi connectivity index (χ0v) is 28.7. The number of aliphatic hydroxyl groups excluding tert-OH is 1. The summed E-state index contributed by atoms with van der Waals surface area (Å²) in [7, 11) is 0. The number of nitrogens with zero attached hydrogens (tertiary/aromatic N) is 4. The van der Waals surface area contributed by atoms with Gasteiger partial charge in [0.05, 0.1) is 28.7 Å². The number of aliphatic hydroxyl groups is 1. The number of rotatable bonds is 10. The summed E-state index contributed by atoms with van der Waals surface area (Å²) >= 11 is 0.296. The monoisotopic (exact) mass is 736 g/mol. The maximum absolute atomic E-state index is 14.9. The van der Waals surface area contributed by atoms with Crippen LogP contribution in [0.25, 0.3) is 0 Å². The molecule has 8 nitrogen and oxygen atoms in total. The number of hydrogen-bond donors (Lipinski definition) is 1. The van der Waals surface area contributed by atoms with Crippen LogP contribution in [0.5, 0.6) is 5.06 Å². The van der Waals surface area contributed by atoms with E-state index in [1.165, 1.54) is 9.80 Å². The van der Waals surface area contributed by atoms with Crippen LogP contribution in [-0.4, -0.2) is 69.6 Å². The number of likely N-dealkylation sites (tertiary alicyclic amines) is 2. The first-order valence-corrected chi connectivity index (χ1v) is 17.6. The Morgan fingerprint density at radius 3 is 2.39 bits per heavy atom. The van der Waals surface area contributed by atoms with Crippen LogP contribution in [0.15, 0.2) is 54.9 Å². The van der Waals surface area contributed by atoms with Crippen LogP contribution in [0.4, 0.5) is 26.3 Å². The third-order valence-electron chi connectivity index (χ3n) is 9.80. The summed E-state index contributed by atoms with van der Waals surface area (Å²) in [5.74, 6) is -1.62. The van der Waals surface area contributed by atoms with Crippen LogP contribution in [0.2, 0.25) is 0 Å². The topological polar surface area (TPSA) is 107 Å². The normalized spacial score (nSPS) is 20.9. The van der Waals surface area contributed by atoms with Crippen LogP contribution in [0.1, 0.15) is 83.8 Å². The van der Waals surface area contributed by atoms with E-state index >= 15 is 0 Å². The van der Waals surface area contributed by atoms with Crippen molar-refractivity contribution in [2.45, 2.75) is 87.7 Å². The minimum absolute atomic E-state index is 0.0113. The third kappa shape index (κ3) is 7.72. The standard InChI is InChI=1S/C36H38F6N4O4S/c1-2-7-28-34(50-30-12-11-29(51-30)36(40,41)42,14-6-18-46(28)31(48)25-22-44-17-13-27(25)35(37,38)39)32(49)45-19-15-33(23-43,16-20-45)26-10-4-3-8-24(26)9-5-21-47/h3-4,8,10-13,17,22,28,47H,2,5-7,9,14-16,18-21H2,1H3/t28-,34+/m1/s1. The first kappa shape index (κ1) is 38.1. The maximum atomic E-state index is 14.9. The largest absolute Gasteiger partial charge is 0.466 e. The molecule has 1 aromatic carbocycles. The second-order valence-corrected chi connectivity index (χ2v) is 14.0. The number of thiophene rings is 1. The summed E-state index contributed by atoms with van der Waals surface area (Å²) in [6.45, 7) is 1.88. The summed E-state index contributed by atoms with van der Waals surface area (Å²) in [6, 6.07) is 11.4. The third-order valence-corrected chi connectivity index (χ3v) is 10.8. The maximum Gasteiger partial charge on any atom is 0.425 e. The molecule has 51 heavy (non-hydrogen) atoms. The Bertz CT molecular complexity index is 1750. The highest BCUT2D eigenvalue weighted by atomic mass is 32.1. The summed E-state index contributed by atoms with van der Waals surface area (Å²) in [5, 5.41) is 19.7. The van der Waals surface area contributed by atoms with Gasteiger partial charge in [0.15, 0.2) is 5.06 Å². The lowest BCUT2D eigenvalue weighted by Gasteiger charge is -2.51. The van der Waals surface area contributed by atoms with Gasteiger partial charge in [0.2, 0.25) is 5.60 Å². The van der Waals surface area contributed by atoms with Gasteiger partial charge in [-0.2, -0.15) is 31.6 Å². The van der Waals surface area contributed by atoms with Gasteiger partial charge in [0.1, 0.15) is 4.88 Å². The average molecular weight is 737 g/mol. The molecule has 2 atom stereocenters. The van der Waals surface area contributed by atoms with E-state index in [1.807, 2.05) is 24.3 Å². The molecule has 0 aliphatic carbocycles. The molecule has 5 rings (SSSR count). The summed E-state index contributed by atoms with van der Waals surface area (Å²) in [5.41, 5.74) is -3.10.